The van der Waals surface area contributed by atoms with Crippen molar-refractivity contribution >= 4 is 0 Å². The quantitative estimate of drug-likeness (QED) is 0.791. The van der Waals surface area contributed by atoms with Gasteiger partial charge in [0, 0.05) is 19.2 Å². The summed E-state index contributed by atoms with van der Waals surface area (Å²) in [5.74, 6) is 0.614. The van der Waals surface area contributed by atoms with Crippen LogP contribution in [-0.4, -0.2) is 33.8 Å². The lowest BCUT2D eigenvalue weighted by molar-refractivity contribution is -0.118. The van der Waals surface area contributed by atoms with Crippen LogP contribution in [0.3, 0.4) is 0 Å². The highest BCUT2D eigenvalue weighted by Crippen LogP contribution is 2.44. The summed E-state index contributed by atoms with van der Waals surface area (Å²) in [4.78, 5) is 13.2. The van der Waals surface area contributed by atoms with Crippen molar-refractivity contribution in [1.29, 1.82) is 0 Å². The number of aromatic hydroxyl groups is 1. The minimum absolute atomic E-state index is 0.369. The maximum absolute atomic E-state index is 11.2. The molecular formula is C12H15NO4. The molecule has 1 saturated carbocycles. The van der Waals surface area contributed by atoms with Gasteiger partial charge < -0.3 is 14.6 Å². The molecular weight excluding hydrogens is 222 g/mol. The maximum atomic E-state index is 11.2. The van der Waals surface area contributed by atoms with E-state index in [9.17, 15) is 9.90 Å². The zero-order valence-corrected chi connectivity index (χ0v) is 9.43. The molecule has 1 aromatic heterocycles. The highest BCUT2D eigenvalue weighted by molar-refractivity contribution is 5.16. The van der Waals surface area contributed by atoms with E-state index in [4.69, 9.17) is 9.52 Å². The van der Waals surface area contributed by atoms with Gasteiger partial charge in [0.15, 0.2) is 5.75 Å². The molecule has 1 saturated heterocycles. The average molecular weight is 237 g/mol. The molecule has 0 radical (unpaired) electrons. The lowest BCUT2D eigenvalue weighted by Crippen LogP contribution is -2.62. The van der Waals surface area contributed by atoms with Gasteiger partial charge >= 0.3 is 0 Å². The Balaban J connectivity index is 1.61. The van der Waals surface area contributed by atoms with Crippen molar-refractivity contribution in [2.24, 2.45) is 5.92 Å². The van der Waals surface area contributed by atoms with Crippen LogP contribution in [0, 0.1) is 5.92 Å². The first-order chi connectivity index (χ1) is 8.07. The second kappa shape index (κ2) is 3.58. The van der Waals surface area contributed by atoms with Crippen LogP contribution < -0.4 is 5.43 Å². The molecule has 2 heterocycles. The summed E-state index contributed by atoms with van der Waals surface area (Å²) in [5, 5.41) is 19.2. The first kappa shape index (κ1) is 10.8. The summed E-state index contributed by atoms with van der Waals surface area (Å²) in [7, 11) is 0. The zero-order chi connectivity index (χ0) is 12.0. The van der Waals surface area contributed by atoms with Crippen LogP contribution in [0.4, 0.5) is 0 Å². The highest BCUT2D eigenvalue weighted by Gasteiger charge is 2.51. The molecule has 0 aromatic carbocycles. The fraction of sp³-hybridized carbons (Fsp3) is 0.583. The number of hydrogen-bond acceptors (Lipinski definition) is 5. The minimum Gasteiger partial charge on any atom is -0.502 e. The maximum Gasteiger partial charge on any atom is 0.226 e. The second-order valence-corrected chi connectivity index (χ2v) is 5.12. The predicted octanol–water partition coefficient (Wildman–Crippen LogP) is 0.302. The summed E-state index contributed by atoms with van der Waals surface area (Å²) >= 11 is 0. The Bertz CT molecular complexity index is 486. The van der Waals surface area contributed by atoms with E-state index in [1.54, 1.807) is 0 Å². The van der Waals surface area contributed by atoms with E-state index in [0.29, 0.717) is 31.3 Å². The lowest BCUT2D eigenvalue weighted by atomic mass is 9.89. The van der Waals surface area contributed by atoms with Crippen LogP contribution in [0.15, 0.2) is 21.5 Å². The molecule has 0 bridgehead atoms. The molecule has 0 atom stereocenters. The summed E-state index contributed by atoms with van der Waals surface area (Å²) in [6.07, 6.45) is 3.31. The van der Waals surface area contributed by atoms with Gasteiger partial charge in [-0.15, -0.1) is 0 Å². The molecule has 0 unspecified atom stereocenters. The molecule has 2 aliphatic rings. The number of likely N-dealkylation sites (tertiary alicyclic amines) is 1. The van der Waals surface area contributed by atoms with Gasteiger partial charge in [0.25, 0.3) is 0 Å². The van der Waals surface area contributed by atoms with Crippen LogP contribution in [0.1, 0.15) is 18.6 Å². The number of hydrogen-bond donors (Lipinski definition) is 2. The third kappa shape index (κ3) is 1.96. The summed E-state index contributed by atoms with van der Waals surface area (Å²) in [6, 6.07) is 1.30. The van der Waals surface area contributed by atoms with E-state index in [1.807, 2.05) is 4.90 Å². The van der Waals surface area contributed by atoms with Crippen molar-refractivity contribution in [3.8, 4) is 5.75 Å². The molecule has 5 heteroatoms. The molecule has 2 N–H and O–H groups in total. The smallest absolute Gasteiger partial charge is 0.226 e. The number of β-amino-alcohol motifs (C(OH)–C–C–N with tert-alkyl or cyclic N) is 1. The van der Waals surface area contributed by atoms with Gasteiger partial charge in [0.2, 0.25) is 5.43 Å². The van der Waals surface area contributed by atoms with Crippen molar-refractivity contribution in [1.82, 2.24) is 4.90 Å². The van der Waals surface area contributed by atoms with Crippen molar-refractivity contribution in [3.63, 3.8) is 0 Å². The third-order valence-electron chi connectivity index (χ3n) is 3.58. The molecule has 17 heavy (non-hydrogen) atoms. The van der Waals surface area contributed by atoms with Crippen LogP contribution in [0.25, 0.3) is 0 Å². The second-order valence-electron chi connectivity index (χ2n) is 5.12. The Morgan fingerprint density at radius 3 is 2.76 bits per heavy atom. The minimum atomic E-state index is -0.517. The number of aliphatic hydroxyl groups is 1. The van der Waals surface area contributed by atoms with E-state index in [1.165, 1.54) is 6.07 Å². The largest absolute Gasteiger partial charge is 0.502 e. The zero-order valence-electron chi connectivity index (χ0n) is 9.43. The third-order valence-corrected chi connectivity index (χ3v) is 3.58. The topological polar surface area (TPSA) is 73.9 Å². The molecule has 2 fully saturated rings. The standard InChI is InChI=1S/C12H15NO4/c14-10-3-9(17-5-11(10)15)4-13-6-12(16,7-13)8-1-2-8/h3,5,8,15-16H,1-2,4,6-7H2. The summed E-state index contributed by atoms with van der Waals surface area (Å²) < 4.78 is 5.12. The van der Waals surface area contributed by atoms with Crippen molar-refractivity contribution in [3.05, 3.63) is 28.3 Å². The van der Waals surface area contributed by atoms with E-state index >= 15 is 0 Å². The van der Waals surface area contributed by atoms with Crippen LogP contribution in [0.5, 0.6) is 5.75 Å². The molecule has 1 aromatic rings. The molecule has 1 aliphatic heterocycles. The van der Waals surface area contributed by atoms with Crippen molar-refractivity contribution < 1.29 is 14.6 Å². The first-order valence-corrected chi connectivity index (χ1v) is 5.82. The normalized spacial score (nSPS) is 23.4. The Morgan fingerprint density at radius 2 is 2.18 bits per heavy atom. The molecule has 5 nitrogen and oxygen atoms in total. The number of nitrogens with zero attached hydrogens (tertiary/aromatic N) is 1. The van der Waals surface area contributed by atoms with Crippen molar-refractivity contribution in [2.45, 2.75) is 25.0 Å². The van der Waals surface area contributed by atoms with Gasteiger partial charge in [-0.1, -0.05) is 0 Å². The SMILES string of the molecule is O=c1cc(CN2CC(O)(C3CC3)C2)occ1O. The van der Waals surface area contributed by atoms with Gasteiger partial charge in [-0.2, -0.15) is 0 Å². The van der Waals surface area contributed by atoms with E-state index in [-0.39, 0.29) is 5.75 Å². The summed E-state index contributed by atoms with van der Waals surface area (Å²) in [6.45, 7) is 1.79. The van der Waals surface area contributed by atoms with E-state index in [0.717, 1.165) is 19.1 Å². The monoisotopic (exact) mass is 237 g/mol. The Hall–Kier alpha value is -1.33. The van der Waals surface area contributed by atoms with Gasteiger partial charge in [0.1, 0.15) is 12.0 Å². The van der Waals surface area contributed by atoms with Gasteiger partial charge in [0.05, 0.1) is 12.1 Å². The average Bonchev–Trinajstić information content (AvgIpc) is 3.04. The first-order valence-electron chi connectivity index (χ1n) is 5.82. The predicted molar refractivity (Wildman–Crippen MR) is 59.6 cm³/mol. The Labute approximate surface area is 98.3 Å². The molecule has 0 amide bonds. The number of rotatable bonds is 3. The fourth-order valence-corrected chi connectivity index (χ4v) is 2.47. The van der Waals surface area contributed by atoms with Crippen molar-refractivity contribution in [2.75, 3.05) is 13.1 Å². The summed E-state index contributed by atoms with van der Waals surface area (Å²) in [5.41, 5.74) is -0.943. The molecule has 3 rings (SSSR count). The van der Waals surface area contributed by atoms with Crippen LogP contribution in [-0.2, 0) is 6.54 Å². The highest BCUT2D eigenvalue weighted by atomic mass is 16.4. The van der Waals surface area contributed by atoms with E-state index in [2.05, 4.69) is 0 Å². The van der Waals surface area contributed by atoms with Crippen LogP contribution in [0.2, 0.25) is 0 Å². The fourth-order valence-electron chi connectivity index (χ4n) is 2.47. The molecule has 92 valence electrons. The lowest BCUT2D eigenvalue weighted by Gasteiger charge is -2.46. The van der Waals surface area contributed by atoms with Gasteiger partial charge in [-0.05, 0) is 18.8 Å². The van der Waals surface area contributed by atoms with Gasteiger partial charge in [-0.25, -0.2) is 0 Å². The van der Waals surface area contributed by atoms with E-state index < -0.39 is 11.0 Å². The Kier molecular flexibility index (Phi) is 2.27. The Morgan fingerprint density at radius 1 is 1.47 bits per heavy atom. The van der Waals surface area contributed by atoms with Crippen LogP contribution >= 0.6 is 0 Å². The molecule has 0 spiro atoms. The van der Waals surface area contributed by atoms with Gasteiger partial charge in [-0.3, -0.25) is 9.69 Å². The molecule has 1 aliphatic carbocycles.